The fourth-order valence-electron chi connectivity index (χ4n) is 3.54. The molecule has 0 aliphatic carbocycles. The molecular weight excluding hydrogens is 380 g/mol. The Bertz CT molecular complexity index is 1160. The zero-order valence-corrected chi connectivity index (χ0v) is 16.2. The van der Waals surface area contributed by atoms with Crippen molar-refractivity contribution < 1.29 is 14.5 Å². The molecule has 0 radical (unpaired) electrons. The van der Waals surface area contributed by atoms with Crippen molar-refractivity contribution in [3.05, 3.63) is 112 Å². The Labute approximate surface area is 173 Å². The summed E-state index contributed by atoms with van der Waals surface area (Å²) in [5, 5.41) is 13.1. The first-order valence-corrected chi connectivity index (χ1v) is 9.62. The molecule has 150 valence electrons. The molecule has 1 atom stereocenters. The van der Waals surface area contributed by atoms with Crippen LogP contribution in [0.1, 0.15) is 22.0 Å². The molecule has 0 saturated heterocycles. The number of rotatable bonds is 7. The SMILES string of the molecule is O=C(OCC(Cc1cccc2ccccc12)n1cccc1)c1ccc([N+](=O)[O-])cc1. The van der Waals surface area contributed by atoms with Crippen LogP contribution in [0.2, 0.25) is 0 Å². The third-order valence-electron chi connectivity index (χ3n) is 5.11. The number of fused-ring (bicyclic) bond motifs is 1. The minimum absolute atomic E-state index is 0.0623. The van der Waals surface area contributed by atoms with Gasteiger partial charge < -0.3 is 9.30 Å². The highest BCUT2D eigenvalue weighted by molar-refractivity contribution is 5.89. The highest BCUT2D eigenvalue weighted by Gasteiger charge is 2.17. The predicted molar refractivity (Wildman–Crippen MR) is 114 cm³/mol. The summed E-state index contributed by atoms with van der Waals surface area (Å²) in [4.78, 5) is 22.7. The molecule has 1 unspecified atom stereocenters. The van der Waals surface area contributed by atoms with E-state index in [0.29, 0.717) is 6.42 Å². The predicted octanol–water partition coefficient (Wildman–Crippen LogP) is 5.19. The van der Waals surface area contributed by atoms with Crippen molar-refractivity contribution in [1.29, 1.82) is 0 Å². The minimum Gasteiger partial charge on any atom is -0.460 e. The lowest BCUT2D eigenvalue weighted by molar-refractivity contribution is -0.384. The number of esters is 1. The molecule has 0 bridgehead atoms. The van der Waals surface area contributed by atoms with Gasteiger partial charge in [0.15, 0.2) is 0 Å². The van der Waals surface area contributed by atoms with Crippen molar-refractivity contribution in [3.8, 4) is 0 Å². The second kappa shape index (κ2) is 8.61. The van der Waals surface area contributed by atoms with E-state index in [1.807, 2.05) is 47.3 Å². The Balaban J connectivity index is 1.52. The minimum atomic E-state index is -0.500. The van der Waals surface area contributed by atoms with Crippen molar-refractivity contribution in [2.45, 2.75) is 12.5 Å². The average molecular weight is 400 g/mol. The molecule has 1 heterocycles. The summed E-state index contributed by atoms with van der Waals surface area (Å²) in [6, 6.07) is 23.7. The molecular formula is C24H20N2O4. The lowest BCUT2D eigenvalue weighted by atomic mass is 9.99. The van der Waals surface area contributed by atoms with Crippen molar-refractivity contribution >= 4 is 22.4 Å². The number of carbonyl (C=O) groups is 1. The standard InChI is InChI=1S/C24H20N2O4/c27-24(19-10-12-21(13-11-19)26(28)29)30-17-22(25-14-3-4-15-25)16-20-8-5-7-18-6-1-2-9-23(18)20/h1-15,22H,16-17H2. The number of nitro groups is 1. The van der Waals surface area contributed by atoms with E-state index in [9.17, 15) is 14.9 Å². The zero-order valence-electron chi connectivity index (χ0n) is 16.2. The van der Waals surface area contributed by atoms with Gasteiger partial charge in [-0.1, -0.05) is 42.5 Å². The summed E-state index contributed by atoms with van der Waals surface area (Å²) in [5.74, 6) is -0.500. The van der Waals surface area contributed by atoms with Gasteiger partial charge in [0.05, 0.1) is 16.5 Å². The Morgan fingerprint density at radius 3 is 2.37 bits per heavy atom. The first kappa shape index (κ1) is 19.4. The molecule has 1 aromatic heterocycles. The number of hydrogen-bond donors (Lipinski definition) is 0. The lowest BCUT2D eigenvalue weighted by Crippen LogP contribution is -2.19. The van der Waals surface area contributed by atoms with Crippen LogP contribution >= 0.6 is 0 Å². The Morgan fingerprint density at radius 1 is 0.933 bits per heavy atom. The Kier molecular flexibility index (Phi) is 5.57. The molecule has 0 spiro atoms. The van der Waals surface area contributed by atoms with Crippen LogP contribution in [0, 0.1) is 10.1 Å². The molecule has 4 aromatic rings. The van der Waals surface area contributed by atoms with E-state index in [1.165, 1.54) is 40.6 Å². The van der Waals surface area contributed by atoms with Gasteiger partial charge >= 0.3 is 5.97 Å². The number of ether oxygens (including phenoxy) is 1. The van der Waals surface area contributed by atoms with Crippen LogP contribution in [-0.2, 0) is 11.2 Å². The first-order valence-electron chi connectivity index (χ1n) is 9.62. The fraction of sp³-hybridized carbons (Fsp3) is 0.125. The number of nitro benzene ring substituents is 1. The lowest BCUT2D eigenvalue weighted by Gasteiger charge is -2.20. The largest absolute Gasteiger partial charge is 0.460 e. The van der Waals surface area contributed by atoms with E-state index in [1.54, 1.807) is 0 Å². The van der Waals surface area contributed by atoms with E-state index in [4.69, 9.17) is 4.74 Å². The second-order valence-electron chi connectivity index (χ2n) is 7.03. The molecule has 0 saturated carbocycles. The number of nitrogens with zero attached hydrogens (tertiary/aromatic N) is 2. The van der Waals surface area contributed by atoms with E-state index < -0.39 is 10.9 Å². The van der Waals surface area contributed by atoms with Gasteiger partial charge in [-0.25, -0.2) is 4.79 Å². The highest BCUT2D eigenvalue weighted by atomic mass is 16.6. The smallest absolute Gasteiger partial charge is 0.338 e. The van der Waals surface area contributed by atoms with Crippen LogP contribution in [0.15, 0.2) is 91.3 Å². The summed E-state index contributed by atoms with van der Waals surface area (Å²) in [6.45, 7) is 0.188. The normalized spacial score (nSPS) is 11.9. The molecule has 6 heteroatoms. The van der Waals surface area contributed by atoms with Gasteiger partial charge in [-0.3, -0.25) is 10.1 Å². The molecule has 0 aliphatic heterocycles. The Hall–Kier alpha value is -3.93. The maximum atomic E-state index is 12.5. The molecule has 0 N–H and O–H groups in total. The van der Waals surface area contributed by atoms with Gasteiger partial charge in [0.25, 0.3) is 5.69 Å². The molecule has 6 nitrogen and oxygen atoms in total. The van der Waals surface area contributed by atoms with Crippen molar-refractivity contribution in [2.24, 2.45) is 0 Å². The van der Waals surface area contributed by atoms with E-state index in [-0.39, 0.29) is 23.9 Å². The number of carbonyl (C=O) groups excluding carboxylic acids is 1. The van der Waals surface area contributed by atoms with Crippen LogP contribution < -0.4 is 0 Å². The first-order chi connectivity index (χ1) is 14.6. The van der Waals surface area contributed by atoms with Gasteiger partial charge in [0.2, 0.25) is 0 Å². The van der Waals surface area contributed by atoms with Crippen molar-refractivity contribution in [1.82, 2.24) is 4.57 Å². The molecule has 0 aliphatic rings. The zero-order chi connectivity index (χ0) is 20.9. The van der Waals surface area contributed by atoms with Crippen molar-refractivity contribution in [3.63, 3.8) is 0 Å². The molecule has 0 fully saturated rings. The van der Waals surface area contributed by atoms with Crippen LogP contribution in [0.4, 0.5) is 5.69 Å². The van der Waals surface area contributed by atoms with Crippen LogP contribution in [0.3, 0.4) is 0 Å². The van der Waals surface area contributed by atoms with Crippen LogP contribution in [0.5, 0.6) is 0 Å². The number of hydrogen-bond acceptors (Lipinski definition) is 4. The maximum absolute atomic E-state index is 12.5. The van der Waals surface area contributed by atoms with Gasteiger partial charge in [-0.15, -0.1) is 0 Å². The van der Waals surface area contributed by atoms with Gasteiger partial charge in [-0.05, 0) is 47.0 Å². The molecule has 4 rings (SSSR count). The summed E-state index contributed by atoms with van der Waals surface area (Å²) >= 11 is 0. The molecule has 30 heavy (non-hydrogen) atoms. The second-order valence-corrected chi connectivity index (χ2v) is 7.03. The third kappa shape index (κ3) is 4.22. The quantitative estimate of drug-likeness (QED) is 0.243. The van der Waals surface area contributed by atoms with Gasteiger partial charge in [0, 0.05) is 24.5 Å². The summed E-state index contributed by atoms with van der Waals surface area (Å²) in [7, 11) is 0. The van der Waals surface area contributed by atoms with E-state index >= 15 is 0 Å². The summed E-state index contributed by atoms with van der Waals surface area (Å²) < 4.78 is 7.60. The van der Waals surface area contributed by atoms with Gasteiger partial charge in [0.1, 0.15) is 6.61 Å². The van der Waals surface area contributed by atoms with Gasteiger partial charge in [-0.2, -0.15) is 0 Å². The van der Waals surface area contributed by atoms with Crippen molar-refractivity contribution in [2.75, 3.05) is 6.61 Å². The number of aromatic nitrogens is 1. The summed E-state index contributed by atoms with van der Waals surface area (Å²) in [5.41, 5.74) is 1.41. The molecule has 0 amide bonds. The average Bonchev–Trinajstić information content (AvgIpc) is 3.31. The number of benzene rings is 3. The summed E-state index contributed by atoms with van der Waals surface area (Å²) in [6.07, 6.45) is 4.61. The highest BCUT2D eigenvalue weighted by Crippen LogP contribution is 2.24. The number of non-ortho nitro benzene ring substituents is 1. The van der Waals surface area contributed by atoms with Crippen LogP contribution in [-0.4, -0.2) is 22.1 Å². The third-order valence-corrected chi connectivity index (χ3v) is 5.11. The monoisotopic (exact) mass is 400 g/mol. The maximum Gasteiger partial charge on any atom is 0.338 e. The van der Waals surface area contributed by atoms with E-state index in [0.717, 1.165) is 0 Å². The molecule has 3 aromatic carbocycles. The Morgan fingerprint density at radius 2 is 1.63 bits per heavy atom. The van der Waals surface area contributed by atoms with Crippen LogP contribution in [0.25, 0.3) is 10.8 Å². The fourth-order valence-corrected chi connectivity index (χ4v) is 3.54. The topological polar surface area (TPSA) is 74.4 Å². The van der Waals surface area contributed by atoms with E-state index in [2.05, 4.69) is 24.3 Å².